The van der Waals surface area contributed by atoms with Gasteiger partial charge in [-0.2, -0.15) is 4.31 Å². The van der Waals surface area contributed by atoms with Crippen LogP contribution in [0.3, 0.4) is 0 Å². The van der Waals surface area contributed by atoms with Crippen LogP contribution in [0.25, 0.3) is 0 Å². The second kappa shape index (κ2) is 6.37. The van der Waals surface area contributed by atoms with E-state index in [2.05, 4.69) is 0 Å². The van der Waals surface area contributed by atoms with Crippen LogP contribution in [0, 0.1) is 0 Å². The predicted molar refractivity (Wildman–Crippen MR) is 85.2 cm³/mol. The van der Waals surface area contributed by atoms with Gasteiger partial charge < -0.3 is 14.2 Å². The summed E-state index contributed by atoms with van der Waals surface area (Å²) in [6, 6.07) is 6.18. The molecule has 0 aliphatic carbocycles. The molecule has 0 saturated carbocycles. The third-order valence-corrected chi connectivity index (χ3v) is 3.82. The lowest BCUT2D eigenvalue weighted by Crippen LogP contribution is -2.40. The topological polar surface area (TPSA) is 85.4 Å². The molecule has 0 spiro atoms. The summed E-state index contributed by atoms with van der Waals surface area (Å²) in [5.41, 5.74) is -0.607. The van der Waals surface area contributed by atoms with Crippen molar-refractivity contribution in [2.75, 3.05) is 23.8 Å². The average molecular weight is 343 g/mol. The van der Waals surface area contributed by atoms with Crippen LogP contribution in [0.5, 0.6) is 5.75 Å². The van der Waals surface area contributed by atoms with Crippen molar-refractivity contribution in [2.45, 2.75) is 32.5 Å². The molecular formula is C15H21NO6S. The van der Waals surface area contributed by atoms with Gasteiger partial charge >= 0.3 is 6.09 Å². The Kier molecular flexibility index (Phi) is 4.86. The summed E-state index contributed by atoms with van der Waals surface area (Å²) < 4.78 is 40.2. The number of benzene rings is 1. The van der Waals surface area contributed by atoms with Crippen LogP contribution in [0.4, 0.5) is 10.5 Å². The van der Waals surface area contributed by atoms with Gasteiger partial charge in [0, 0.05) is 0 Å². The maximum atomic E-state index is 12.2. The second-order valence-electron chi connectivity index (χ2n) is 6.27. The van der Waals surface area contributed by atoms with E-state index in [4.69, 9.17) is 14.2 Å². The number of ether oxygens (including phenoxy) is 3. The fourth-order valence-corrected chi connectivity index (χ4v) is 2.58. The Balaban J connectivity index is 2.16. The van der Waals surface area contributed by atoms with Crippen molar-refractivity contribution in [1.29, 1.82) is 0 Å². The van der Waals surface area contributed by atoms with Crippen molar-refractivity contribution in [1.82, 2.24) is 0 Å². The van der Waals surface area contributed by atoms with Crippen LogP contribution < -0.4 is 9.04 Å². The highest BCUT2D eigenvalue weighted by molar-refractivity contribution is 7.92. The summed E-state index contributed by atoms with van der Waals surface area (Å²) in [6.07, 6.45) is 0.134. The number of nitrogens with zero attached hydrogens (tertiary/aromatic N) is 1. The van der Waals surface area contributed by atoms with E-state index >= 15 is 0 Å². The monoisotopic (exact) mass is 343 g/mol. The quantitative estimate of drug-likeness (QED) is 0.762. The standard InChI is InChI=1S/C15H21NO6S/c1-15(2,3)22-14(17)16(23(4,18)19)11-5-7-12(8-6-11)20-9-13-10-21-13/h5-8,13H,9-10H2,1-4H3. The predicted octanol–water partition coefficient (Wildman–Crippen LogP) is 2.17. The summed E-state index contributed by atoms with van der Waals surface area (Å²) in [6.45, 7) is 6.15. The third-order valence-electron chi connectivity index (χ3n) is 2.80. The van der Waals surface area contributed by atoms with Crippen molar-refractivity contribution in [2.24, 2.45) is 0 Å². The van der Waals surface area contributed by atoms with Crippen molar-refractivity contribution in [3.8, 4) is 5.75 Å². The van der Waals surface area contributed by atoms with E-state index in [9.17, 15) is 13.2 Å². The van der Waals surface area contributed by atoms with E-state index in [0.717, 1.165) is 6.26 Å². The Morgan fingerprint density at radius 2 is 1.87 bits per heavy atom. The summed E-state index contributed by atoms with van der Waals surface area (Å²) in [7, 11) is -3.82. The number of carbonyl (C=O) groups is 1. The molecule has 0 aromatic heterocycles. The summed E-state index contributed by atoms with van der Waals surface area (Å²) in [4.78, 5) is 12.2. The van der Waals surface area contributed by atoms with Gasteiger partial charge in [-0.25, -0.2) is 13.2 Å². The highest BCUT2D eigenvalue weighted by Crippen LogP contribution is 2.24. The van der Waals surface area contributed by atoms with Gasteiger partial charge in [0.2, 0.25) is 10.0 Å². The molecule has 0 bridgehead atoms. The maximum Gasteiger partial charge on any atom is 0.428 e. The van der Waals surface area contributed by atoms with E-state index < -0.39 is 21.7 Å². The number of sulfonamides is 1. The number of rotatable bonds is 5. The fraction of sp³-hybridized carbons (Fsp3) is 0.533. The number of hydrogen-bond acceptors (Lipinski definition) is 6. The minimum atomic E-state index is -3.82. The van der Waals surface area contributed by atoms with E-state index in [0.29, 0.717) is 23.3 Å². The number of epoxide rings is 1. The molecule has 23 heavy (non-hydrogen) atoms. The summed E-state index contributed by atoms with van der Waals surface area (Å²) in [5, 5.41) is 0. The first-order valence-corrected chi connectivity index (χ1v) is 8.99. The Hall–Kier alpha value is -1.80. The van der Waals surface area contributed by atoms with E-state index in [1.165, 1.54) is 12.1 Å². The molecule has 1 saturated heterocycles. The normalized spacial score (nSPS) is 17.5. The number of carbonyl (C=O) groups excluding carboxylic acids is 1. The highest BCUT2D eigenvalue weighted by atomic mass is 32.2. The molecule has 1 aromatic rings. The van der Waals surface area contributed by atoms with Crippen LogP contribution in [0.1, 0.15) is 20.8 Å². The fourth-order valence-electron chi connectivity index (χ4n) is 1.77. The Morgan fingerprint density at radius 1 is 1.30 bits per heavy atom. The SMILES string of the molecule is CC(C)(C)OC(=O)N(c1ccc(OCC2CO2)cc1)S(C)(=O)=O. The molecule has 7 nitrogen and oxygen atoms in total. The van der Waals surface area contributed by atoms with Crippen molar-refractivity contribution >= 4 is 21.8 Å². The molecule has 1 aromatic carbocycles. The number of amides is 1. The Bertz CT molecular complexity index is 658. The number of hydrogen-bond donors (Lipinski definition) is 0. The zero-order valence-electron chi connectivity index (χ0n) is 13.6. The third kappa shape index (κ3) is 5.40. The number of anilines is 1. The Morgan fingerprint density at radius 3 is 2.30 bits per heavy atom. The van der Waals surface area contributed by atoms with Gasteiger partial charge in [0.15, 0.2) is 0 Å². The molecule has 8 heteroatoms. The van der Waals surface area contributed by atoms with Gasteiger partial charge in [0.25, 0.3) is 0 Å². The van der Waals surface area contributed by atoms with Crippen LogP contribution in [-0.2, 0) is 19.5 Å². The van der Waals surface area contributed by atoms with Gasteiger partial charge in [-0.1, -0.05) is 0 Å². The molecule has 0 N–H and O–H groups in total. The average Bonchev–Trinajstić information content (AvgIpc) is 3.18. The molecule has 0 radical (unpaired) electrons. The largest absolute Gasteiger partial charge is 0.491 e. The molecule has 128 valence electrons. The zero-order chi connectivity index (χ0) is 17.3. The van der Waals surface area contributed by atoms with Crippen molar-refractivity contribution < 1.29 is 27.4 Å². The maximum absolute atomic E-state index is 12.2. The van der Waals surface area contributed by atoms with Gasteiger partial charge in [0.05, 0.1) is 18.6 Å². The second-order valence-corrected chi connectivity index (χ2v) is 8.10. The summed E-state index contributed by atoms with van der Waals surface area (Å²) in [5.74, 6) is 0.571. The van der Waals surface area contributed by atoms with Gasteiger partial charge in [0.1, 0.15) is 24.1 Å². The first kappa shape index (κ1) is 17.6. The lowest BCUT2D eigenvalue weighted by Gasteiger charge is -2.26. The highest BCUT2D eigenvalue weighted by Gasteiger charge is 2.30. The molecule has 1 heterocycles. The van der Waals surface area contributed by atoms with Crippen LogP contribution in [0.2, 0.25) is 0 Å². The van der Waals surface area contributed by atoms with Crippen molar-refractivity contribution in [3.63, 3.8) is 0 Å². The molecule has 1 aliphatic rings. The molecule has 1 aliphatic heterocycles. The molecule has 2 rings (SSSR count). The van der Waals surface area contributed by atoms with E-state index in [1.807, 2.05) is 0 Å². The molecule has 1 unspecified atom stereocenters. The van der Waals surface area contributed by atoms with Gasteiger partial charge in [-0.05, 0) is 45.0 Å². The summed E-state index contributed by atoms with van der Waals surface area (Å²) >= 11 is 0. The van der Waals surface area contributed by atoms with E-state index in [1.54, 1.807) is 32.9 Å². The lowest BCUT2D eigenvalue weighted by molar-refractivity contribution is 0.0609. The van der Waals surface area contributed by atoms with Crippen LogP contribution >= 0.6 is 0 Å². The minimum absolute atomic E-state index is 0.129. The smallest absolute Gasteiger partial charge is 0.428 e. The molecule has 1 amide bonds. The van der Waals surface area contributed by atoms with Crippen molar-refractivity contribution in [3.05, 3.63) is 24.3 Å². The van der Waals surface area contributed by atoms with E-state index in [-0.39, 0.29) is 11.8 Å². The lowest BCUT2D eigenvalue weighted by atomic mass is 10.2. The Labute approximate surface area is 136 Å². The first-order chi connectivity index (χ1) is 10.6. The first-order valence-electron chi connectivity index (χ1n) is 7.14. The van der Waals surface area contributed by atoms with Crippen LogP contribution in [-0.4, -0.2) is 45.7 Å². The molecular weight excluding hydrogens is 322 g/mol. The molecule has 1 atom stereocenters. The minimum Gasteiger partial charge on any atom is -0.491 e. The zero-order valence-corrected chi connectivity index (χ0v) is 14.4. The van der Waals surface area contributed by atoms with Gasteiger partial charge in [-0.3, -0.25) is 0 Å². The van der Waals surface area contributed by atoms with Gasteiger partial charge in [-0.15, -0.1) is 0 Å². The molecule has 1 fully saturated rings. The van der Waals surface area contributed by atoms with Crippen LogP contribution in [0.15, 0.2) is 24.3 Å².